The van der Waals surface area contributed by atoms with Crippen molar-refractivity contribution in [2.75, 3.05) is 6.61 Å². The Morgan fingerprint density at radius 1 is 1.42 bits per heavy atom. The molecule has 0 radical (unpaired) electrons. The lowest BCUT2D eigenvalue weighted by Gasteiger charge is -2.45. The highest BCUT2D eigenvalue weighted by Gasteiger charge is 2.52. The monoisotopic (exact) mass is 264 g/mol. The number of rotatable bonds is 2. The van der Waals surface area contributed by atoms with Crippen LogP contribution in [0.3, 0.4) is 0 Å². The summed E-state index contributed by atoms with van der Waals surface area (Å²) in [7, 11) is 0. The molecule has 1 aromatic carbocycles. The maximum atomic E-state index is 12.1. The molecule has 5 N–H and O–H groups in total. The Labute approximate surface area is 110 Å². The molecule has 1 saturated carbocycles. The third-order valence-electron chi connectivity index (χ3n) is 3.97. The first-order valence-electron chi connectivity index (χ1n) is 6.28. The minimum Gasteiger partial charge on any atom is -0.508 e. The molecular formula is C13H16N2O4. The van der Waals surface area contributed by atoms with Crippen LogP contribution >= 0.6 is 0 Å². The first kappa shape index (κ1) is 12.3. The van der Waals surface area contributed by atoms with Crippen molar-refractivity contribution in [1.82, 2.24) is 5.32 Å². The average molecular weight is 264 g/mol. The Kier molecular flexibility index (Phi) is 2.83. The summed E-state index contributed by atoms with van der Waals surface area (Å²) >= 11 is 0. The fourth-order valence-electron chi connectivity index (χ4n) is 2.86. The summed E-state index contributed by atoms with van der Waals surface area (Å²) in [4.78, 5) is 12.1. The number of phenolic OH excluding ortho intramolecular Hbond substituents is 2. The first-order valence-corrected chi connectivity index (χ1v) is 6.28. The number of nitrogens with one attached hydrogen (secondary N) is 1. The fraction of sp³-hybridized carbons (Fsp3) is 0.462. The zero-order valence-corrected chi connectivity index (χ0v) is 10.2. The zero-order chi connectivity index (χ0) is 13.6. The average Bonchev–Trinajstić information content (AvgIpc) is 2.83. The summed E-state index contributed by atoms with van der Waals surface area (Å²) in [6.07, 6.45) is 0.897. The molecule has 1 aliphatic carbocycles. The second-order valence-corrected chi connectivity index (χ2v) is 5.07. The van der Waals surface area contributed by atoms with Crippen molar-refractivity contribution in [3.05, 3.63) is 23.8 Å². The number of carbonyl (C=O) groups excluding carboxylic acids is 1. The van der Waals surface area contributed by atoms with Gasteiger partial charge < -0.3 is 26.0 Å². The summed E-state index contributed by atoms with van der Waals surface area (Å²) in [5.74, 6) is -0.395. The van der Waals surface area contributed by atoms with Crippen LogP contribution in [0.1, 0.15) is 16.8 Å². The standard InChI is InChI=1S/C13H16N2O4/c14-10-7-3-4-19-12(7)11(10)15-13(18)8-5-6(16)1-2-9(8)17/h1-2,5,7,10-12,16-17H,3-4,14H2,(H,15,18). The molecule has 19 heavy (non-hydrogen) atoms. The number of aromatic hydroxyl groups is 2. The molecule has 2 fully saturated rings. The van der Waals surface area contributed by atoms with Gasteiger partial charge in [0.1, 0.15) is 11.5 Å². The highest BCUT2D eigenvalue weighted by atomic mass is 16.5. The number of benzene rings is 1. The molecule has 1 heterocycles. The fourth-order valence-corrected chi connectivity index (χ4v) is 2.86. The predicted molar refractivity (Wildman–Crippen MR) is 66.8 cm³/mol. The number of ether oxygens (including phenoxy) is 1. The highest BCUT2D eigenvalue weighted by molar-refractivity contribution is 5.97. The summed E-state index contributed by atoms with van der Waals surface area (Å²) in [6.45, 7) is 0.673. The minimum atomic E-state index is -0.456. The molecule has 0 aromatic heterocycles. The summed E-state index contributed by atoms with van der Waals surface area (Å²) < 4.78 is 5.52. The lowest BCUT2D eigenvalue weighted by Crippen LogP contribution is -2.68. The number of amides is 1. The van der Waals surface area contributed by atoms with E-state index in [9.17, 15) is 15.0 Å². The van der Waals surface area contributed by atoms with E-state index in [1.54, 1.807) is 0 Å². The van der Waals surface area contributed by atoms with Crippen molar-refractivity contribution in [1.29, 1.82) is 0 Å². The minimum absolute atomic E-state index is 0.0293. The van der Waals surface area contributed by atoms with E-state index in [2.05, 4.69) is 5.32 Å². The number of nitrogens with two attached hydrogens (primary N) is 1. The third kappa shape index (κ3) is 1.93. The molecule has 0 bridgehead atoms. The van der Waals surface area contributed by atoms with E-state index in [4.69, 9.17) is 10.5 Å². The topological polar surface area (TPSA) is 105 Å². The van der Waals surface area contributed by atoms with Crippen molar-refractivity contribution < 1.29 is 19.7 Å². The molecule has 4 atom stereocenters. The molecule has 102 valence electrons. The maximum Gasteiger partial charge on any atom is 0.255 e. The summed E-state index contributed by atoms with van der Waals surface area (Å²) in [5, 5.41) is 21.7. The zero-order valence-electron chi connectivity index (χ0n) is 10.2. The van der Waals surface area contributed by atoms with E-state index in [-0.39, 0.29) is 35.3 Å². The van der Waals surface area contributed by atoms with Gasteiger partial charge >= 0.3 is 0 Å². The van der Waals surface area contributed by atoms with Crippen LogP contribution in [-0.4, -0.2) is 40.9 Å². The van der Waals surface area contributed by atoms with Gasteiger partial charge in [0.15, 0.2) is 0 Å². The second-order valence-electron chi connectivity index (χ2n) is 5.07. The van der Waals surface area contributed by atoms with Gasteiger partial charge in [0.2, 0.25) is 0 Å². The number of hydrogen-bond donors (Lipinski definition) is 4. The van der Waals surface area contributed by atoms with Crippen LogP contribution in [0.5, 0.6) is 11.5 Å². The third-order valence-corrected chi connectivity index (χ3v) is 3.97. The Morgan fingerprint density at radius 3 is 3.00 bits per heavy atom. The molecule has 6 nitrogen and oxygen atoms in total. The first-order chi connectivity index (χ1) is 9.08. The molecule has 1 aromatic rings. The smallest absolute Gasteiger partial charge is 0.255 e. The molecule has 1 saturated heterocycles. The van der Waals surface area contributed by atoms with E-state index in [0.717, 1.165) is 6.42 Å². The summed E-state index contributed by atoms with van der Waals surface area (Å²) in [5.41, 5.74) is 6.03. The van der Waals surface area contributed by atoms with Gasteiger partial charge in [-0.25, -0.2) is 0 Å². The van der Waals surface area contributed by atoms with Crippen LogP contribution in [0.2, 0.25) is 0 Å². The maximum absolute atomic E-state index is 12.1. The van der Waals surface area contributed by atoms with Crippen LogP contribution in [0.25, 0.3) is 0 Å². The van der Waals surface area contributed by atoms with Gasteiger partial charge in [-0.2, -0.15) is 0 Å². The number of hydrogen-bond acceptors (Lipinski definition) is 5. The molecule has 1 aliphatic heterocycles. The largest absolute Gasteiger partial charge is 0.508 e. The van der Waals surface area contributed by atoms with Gasteiger partial charge in [0.05, 0.1) is 17.7 Å². The van der Waals surface area contributed by atoms with Crippen molar-refractivity contribution in [3.8, 4) is 11.5 Å². The summed E-state index contributed by atoms with van der Waals surface area (Å²) in [6, 6.07) is 3.47. The molecule has 0 spiro atoms. The van der Waals surface area contributed by atoms with Gasteiger partial charge in [0.25, 0.3) is 5.91 Å². The van der Waals surface area contributed by atoms with Crippen LogP contribution in [0.15, 0.2) is 18.2 Å². The Balaban J connectivity index is 1.73. The van der Waals surface area contributed by atoms with Crippen LogP contribution < -0.4 is 11.1 Å². The predicted octanol–water partition coefficient (Wildman–Crippen LogP) is -0.0578. The van der Waals surface area contributed by atoms with E-state index < -0.39 is 5.91 Å². The van der Waals surface area contributed by atoms with Crippen molar-refractivity contribution in [3.63, 3.8) is 0 Å². The molecular weight excluding hydrogens is 248 g/mol. The van der Waals surface area contributed by atoms with Crippen molar-refractivity contribution >= 4 is 5.91 Å². The van der Waals surface area contributed by atoms with Crippen LogP contribution in [-0.2, 0) is 4.74 Å². The molecule has 4 unspecified atom stereocenters. The second kappa shape index (κ2) is 4.40. The van der Waals surface area contributed by atoms with Crippen LogP contribution in [0.4, 0.5) is 0 Å². The molecule has 6 heteroatoms. The Bertz CT molecular complexity index is 519. The Hall–Kier alpha value is -1.79. The van der Waals surface area contributed by atoms with Gasteiger partial charge in [-0.1, -0.05) is 0 Å². The highest BCUT2D eigenvalue weighted by Crippen LogP contribution is 2.38. The van der Waals surface area contributed by atoms with Gasteiger partial charge in [0, 0.05) is 18.6 Å². The van der Waals surface area contributed by atoms with Crippen molar-refractivity contribution in [2.45, 2.75) is 24.6 Å². The van der Waals surface area contributed by atoms with Gasteiger partial charge in [-0.3, -0.25) is 4.79 Å². The van der Waals surface area contributed by atoms with Crippen molar-refractivity contribution in [2.24, 2.45) is 11.7 Å². The lowest BCUT2D eigenvalue weighted by molar-refractivity contribution is -0.0161. The molecule has 2 aliphatic rings. The van der Waals surface area contributed by atoms with E-state index >= 15 is 0 Å². The van der Waals surface area contributed by atoms with Gasteiger partial charge in [-0.05, 0) is 24.6 Å². The molecule has 1 amide bonds. The normalized spacial score (nSPS) is 32.5. The number of carbonyl (C=O) groups is 1. The number of phenols is 2. The van der Waals surface area contributed by atoms with E-state index in [0.29, 0.717) is 12.5 Å². The lowest BCUT2D eigenvalue weighted by atomic mass is 9.72. The quantitative estimate of drug-likeness (QED) is 0.560. The van der Waals surface area contributed by atoms with Gasteiger partial charge in [-0.15, -0.1) is 0 Å². The molecule has 3 rings (SSSR count). The SMILES string of the molecule is NC1C2CCOC2C1NC(=O)c1cc(O)ccc1O. The van der Waals surface area contributed by atoms with E-state index in [1.807, 2.05) is 0 Å². The van der Waals surface area contributed by atoms with Crippen LogP contribution in [0, 0.1) is 5.92 Å². The van der Waals surface area contributed by atoms with E-state index in [1.165, 1.54) is 18.2 Å². The Morgan fingerprint density at radius 2 is 2.21 bits per heavy atom. The number of fused-ring (bicyclic) bond motifs is 1.